The Morgan fingerprint density at radius 1 is 1.35 bits per heavy atom. The van der Waals surface area contributed by atoms with Crippen molar-refractivity contribution in [3.8, 4) is 0 Å². The monoisotopic (exact) mass is 230 g/mol. The van der Waals surface area contributed by atoms with Gasteiger partial charge in [-0.3, -0.25) is 5.01 Å². The second-order valence-corrected chi connectivity index (χ2v) is 4.88. The lowest BCUT2D eigenvalue weighted by Gasteiger charge is -2.29. The fourth-order valence-corrected chi connectivity index (χ4v) is 2.56. The minimum absolute atomic E-state index is 0.716. The summed E-state index contributed by atoms with van der Waals surface area (Å²) in [6.07, 6.45) is 2.59. The molecule has 1 saturated heterocycles. The first-order valence-electron chi connectivity index (χ1n) is 6.37. The molecule has 0 saturated carbocycles. The van der Waals surface area contributed by atoms with Gasteiger partial charge in [0.2, 0.25) is 0 Å². The maximum absolute atomic E-state index is 4.30. The highest BCUT2D eigenvalue weighted by Gasteiger charge is 2.19. The van der Waals surface area contributed by atoms with Crippen LogP contribution in [0, 0.1) is 5.92 Å². The van der Waals surface area contributed by atoms with E-state index in [9.17, 15) is 0 Å². The summed E-state index contributed by atoms with van der Waals surface area (Å²) >= 11 is 0. The molecule has 0 aromatic heterocycles. The van der Waals surface area contributed by atoms with E-state index in [0.29, 0.717) is 5.92 Å². The van der Waals surface area contributed by atoms with Crippen molar-refractivity contribution in [2.24, 2.45) is 16.3 Å². The Bertz CT molecular complexity index is 410. The average molecular weight is 230 g/mol. The number of piperidine rings is 1. The first-order valence-corrected chi connectivity index (χ1v) is 6.37. The van der Waals surface area contributed by atoms with Crippen LogP contribution in [0.2, 0.25) is 0 Å². The van der Waals surface area contributed by atoms with E-state index in [4.69, 9.17) is 0 Å². The number of rotatable bonds is 2. The lowest BCUT2D eigenvalue weighted by Crippen LogP contribution is -2.36. The molecule has 0 radical (unpaired) electrons. The van der Waals surface area contributed by atoms with Crippen LogP contribution in [-0.2, 0) is 6.54 Å². The van der Waals surface area contributed by atoms with Crippen LogP contribution in [0.5, 0.6) is 0 Å². The Morgan fingerprint density at radius 3 is 3.18 bits per heavy atom. The number of nitrogens with zero attached hydrogens (tertiary/aromatic N) is 3. The maximum Gasteiger partial charge on any atom is 0.0924 e. The van der Waals surface area contributed by atoms with Gasteiger partial charge in [-0.2, -0.15) is 0 Å². The molecule has 90 valence electrons. The van der Waals surface area contributed by atoms with E-state index in [1.165, 1.54) is 24.9 Å². The molecule has 3 rings (SSSR count). The number of nitrogens with one attached hydrogen (secondary N) is 1. The van der Waals surface area contributed by atoms with Crippen LogP contribution in [0.25, 0.3) is 0 Å². The minimum Gasteiger partial charge on any atom is -0.316 e. The average Bonchev–Trinajstić information content (AvgIpc) is 2.40. The summed E-state index contributed by atoms with van der Waals surface area (Å²) in [6, 6.07) is 8.25. The predicted octanol–water partition coefficient (Wildman–Crippen LogP) is 2.50. The first-order chi connectivity index (χ1) is 8.42. The maximum atomic E-state index is 4.30. The van der Waals surface area contributed by atoms with Gasteiger partial charge in [-0.15, -0.1) is 5.11 Å². The van der Waals surface area contributed by atoms with Crippen molar-refractivity contribution in [1.29, 1.82) is 0 Å². The van der Waals surface area contributed by atoms with Gasteiger partial charge in [-0.05, 0) is 37.9 Å². The molecule has 0 spiro atoms. The van der Waals surface area contributed by atoms with Gasteiger partial charge in [0.25, 0.3) is 0 Å². The van der Waals surface area contributed by atoms with E-state index < -0.39 is 0 Å². The summed E-state index contributed by atoms with van der Waals surface area (Å²) < 4.78 is 0. The SMILES string of the molecule is c1ccc2c(c1)CN(C[C@@H]1CCCNC1)N=N2. The van der Waals surface area contributed by atoms with Gasteiger partial charge in [0.1, 0.15) is 0 Å². The number of hydrogen-bond donors (Lipinski definition) is 1. The van der Waals surface area contributed by atoms with E-state index in [-0.39, 0.29) is 0 Å². The van der Waals surface area contributed by atoms with Crippen LogP contribution in [0.4, 0.5) is 5.69 Å². The molecule has 1 aromatic rings. The third kappa shape index (κ3) is 2.47. The number of benzene rings is 1. The Kier molecular flexibility index (Phi) is 3.05. The number of fused-ring (bicyclic) bond motifs is 1. The third-order valence-electron chi connectivity index (χ3n) is 3.49. The second kappa shape index (κ2) is 4.84. The smallest absolute Gasteiger partial charge is 0.0924 e. The molecule has 2 aliphatic rings. The molecule has 0 amide bonds. The lowest BCUT2D eigenvalue weighted by molar-refractivity contribution is 0.192. The van der Waals surface area contributed by atoms with Crippen LogP contribution in [0.15, 0.2) is 34.6 Å². The van der Waals surface area contributed by atoms with Crippen molar-refractivity contribution in [1.82, 2.24) is 10.3 Å². The Balaban J connectivity index is 1.64. The Morgan fingerprint density at radius 2 is 2.29 bits per heavy atom. The molecule has 0 unspecified atom stereocenters. The predicted molar refractivity (Wildman–Crippen MR) is 67.0 cm³/mol. The summed E-state index contributed by atoms with van der Waals surface area (Å²) in [5, 5.41) is 14.1. The molecule has 1 N–H and O–H groups in total. The normalized spacial score (nSPS) is 23.5. The Hall–Kier alpha value is -1.42. The second-order valence-electron chi connectivity index (χ2n) is 4.88. The summed E-state index contributed by atoms with van der Waals surface area (Å²) in [7, 11) is 0. The Labute approximate surface area is 102 Å². The zero-order valence-electron chi connectivity index (χ0n) is 9.97. The largest absolute Gasteiger partial charge is 0.316 e. The van der Waals surface area contributed by atoms with Gasteiger partial charge in [-0.25, -0.2) is 0 Å². The van der Waals surface area contributed by atoms with Gasteiger partial charge in [0.05, 0.1) is 12.2 Å². The van der Waals surface area contributed by atoms with E-state index in [1.54, 1.807) is 0 Å². The highest BCUT2D eigenvalue weighted by molar-refractivity contribution is 5.45. The van der Waals surface area contributed by atoms with Crippen molar-refractivity contribution in [3.05, 3.63) is 29.8 Å². The quantitative estimate of drug-likeness (QED) is 0.848. The van der Waals surface area contributed by atoms with Crippen molar-refractivity contribution in [2.45, 2.75) is 19.4 Å². The zero-order chi connectivity index (χ0) is 11.5. The summed E-state index contributed by atoms with van der Waals surface area (Å²) in [5.74, 6) is 0.716. The minimum atomic E-state index is 0.716. The topological polar surface area (TPSA) is 40.0 Å². The molecule has 2 heterocycles. The highest BCUT2D eigenvalue weighted by atomic mass is 15.5. The van der Waals surface area contributed by atoms with Crippen LogP contribution in [0.1, 0.15) is 18.4 Å². The summed E-state index contributed by atoms with van der Waals surface area (Å²) in [6.45, 7) is 4.20. The van der Waals surface area contributed by atoms with Gasteiger partial charge in [0, 0.05) is 12.1 Å². The van der Waals surface area contributed by atoms with Gasteiger partial charge in [0.15, 0.2) is 0 Å². The molecular formula is C13H18N4. The molecule has 1 atom stereocenters. The molecular weight excluding hydrogens is 212 g/mol. The molecule has 4 heteroatoms. The molecule has 0 aliphatic carbocycles. The summed E-state index contributed by atoms with van der Waals surface area (Å²) in [5.41, 5.74) is 2.30. The molecule has 2 aliphatic heterocycles. The van der Waals surface area contributed by atoms with Gasteiger partial charge < -0.3 is 5.32 Å². The first kappa shape index (κ1) is 10.7. The van der Waals surface area contributed by atoms with E-state index >= 15 is 0 Å². The zero-order valence-corrected chi connectivity index (χ0v) is 9.97. The van der Waals surface area contributed by atoms with Crippen molar-refractivity contribution < 1.29 is 0 Å². The fraction of sp³-hybridized carbons (Fsp3) is 0.538. The summed E-state index contributed by atoms with van der Waals surface area (Å²) in [4.78, 5) is 0. The third-order valence-corrected chi connectivity index (χ3v) is 3.49. The molecule has 17 heavy (non-hydrogen) atoms. The van der Waals surface area contributed by atoms with Crippen LogP contribution < -0.4 is 5.32 Å². The van der Waals surface area contributed by atoms with Crippen molar-refractivity contribution in [2.75, 3.05) is 19.6 Å². The van der Waals surface area contributed by atoms with Gasteiger partial charge in [-0.1, -0.05) is 23.4 Å². The standard InChI is InChI=1S/C13H18N4/c1-2-6-13-12(5-1)10-17(16-15-13)9-11-4-3-7-14-8-11/h1-2,5-6,11,14H,3-4,7-10H2/t11-/m1/s1. The lowest BCUT2D eigenvalue weighted by atomic mass is 9.99. The van der Waals surface area contributed by atoms with E-state index in [0.717, 1.165) is 25.3 Å². The van der Waals surface area contributed by atoms with Crippen molar-refractivity contribution in [3.63, 3.8) is 0 Å². The highest BCUT2D eigenvalue weighted by Crippen LogP contribution is 2.26. The van der Waals surface area contributed by atoms with Gasteiger partial charge >= 0.3 is 0 Å². The number of hydrogen-bond acceptors (Lipinski definition) is 4. The van der Waals surface area contributed by atoms with E-state index in [2.05, 4.69) is 32.8 Å². The van der Waals surface area contributed by atoms with Crippen LogP contribution >= 0.6 is 0 Å². The van der Waals surface area contributed by atoms with Crippen molar-refractivity contribution >= 4 is 5.69 Å². The molecule has 1 aromatic carbocycles. The van der Waals surface area contributed by atoms with Crippen LogP contribution in [0.3, 0.4) is 0 Å². The molecule has 4 nitrogen and oxygen atoms in total. The molecule has 1 fully saturated rings. The van der Waals surface area contributed by atoms with Crippen LogP contribution in [-0.4, -0.2) is 24.6 Å². The fourth-order valence-electron chi connectivity index (χ4n) is 2.56. The van der Waals surface area contributed by atoms with E-state index in [1.807, 2.05) is 12.1 Å². The molecule has 0 bridgehead atoms.